The van der Waals surface area contributed by atoms with Crippen molar-refractivity contribution in [2.75, 3.05) is 44.7 Å². The van der Waals surface area contributed by atoms with Crippen molar-refractivity contribution < 1.29 is 4.79 Å². The van der Waals surface area contributed by atoms with E-state index < -0.39 is 0 Å². The lowest BCUT2D eigenvalue weighted by molar-refractivity contribution is 0.194. The smallest absolute Gasteiger partial charge is 0.317 e. The van der Waals surface area contributed by atoms with Crippen LogP contribution >= 0.6 is 11.6 Å². The molecule has 1 saturated heterocycles. The summed E-state index contributed by atoms with van der Waals surface area (Å²) < 4.78 is 0. The predicted molar refractivity (Wildman–Crippen MR) is 116 cm³/mol. The molecular formula is C22H29ClN4O. The second-order valence-corrected chi connectivity index (χ2v) is 7.64. The van der Waals surface area contributed by atoms with Gasteiger partial charge in [-0.3, -0.25) is 0 Å². The Labute approximate surface area is 172 Å². The molecule has 0 unspecified atom stereocenters. The Morgan fingerprint density at radius 2 is 1.79 bits per heavy atom. The number of hydrogen-bond acceptors (Lipinski definition) is 3. The van der Waals surface area contributed by atoms with Crippen LogP contribution < -0.4 is 10.2 Å². The number of nitrogens with one attached hydrogen (secondary N) is 1. The summed E-state index contributed by atoms with van der Waals surface area (Å²) in [4.78, 5) is 18.9. The van der Waals surface area contributed by atoms with Gasteiger partial charge in [0.25, 0.3) is 0 Å². The average Bonchev–Trinajstić information content (AvgIpc) is 2.73. The Bertz CT molecular complexity index is 790. The summed E-state index contributed by atoms with van der Waals surface area (Å²) in [6.45, 7) is 7.59. The molecule has 28 heavy (non-hydrogen) atoms. The molecule has 1 aliphatic heterocycles. The molecule has 2 amide bonds. The fourth-order valence-electron chi connectivity index (χ4n) is 3.41. The van der Waals surface area contributed by atoms with Crippen molar-refractivity contribution in [2.45, 2.75) is 20.0 Å². The van der Waals surface area contributed by atoms with E-state index in [-0.39, 0.29) is 6.03 Å². The van der Waals surface area contributed by atoms with Gasteiger partial charge in [0.05, 0.1) is 10.7 Å². The molecule has 0 spiro atoms. The lowest BCUT2D eigenvalue weighted by atomic mass is 10.1. The highest BCUT2D eigenvalue weighted by atomic mass is 35.5. The number of carbonyl (C=O) groups excluding carboxylic acids is 1. The molecule has 5 nitrogen and oxygen atoms in total. The number of para-hydroxylation sites is 1. The van der Waals surface area contributed by atoms with Crippen molar-refractivity contribution in [3.8, 4) is 0 Å². The number of piperazine rings is 1. The number of amides is 2. The maximum atomic E-state index is 12.6. The zero-order chi connectivity index (χ0) is 19.9. The van der Waals surface area contributed by atoms with E-state index in [9.17, 15) is 4.79 Å². The first kappa shape index (κ1) is 20.5. The number of urea groups is 1. The summed E-state index contributed by atoms with van der Waals surface area (Å²) in [6, 6.07) is 16.3. The number of hydrogen-bond donors (Lipinski definition) is 1. The molecule has 0 bridgehead atoms. The maximum absolute atomic E-state index is 12.6. The van der Waals surface area contributed by atoms with E-state index in [1.165, 1.54) is 5.56 Å². The summed E-state index contributed by atoms with van der Waals surface area (Å²) in [6.07, 6.45) is 0. The number of anilines is 1. The molecule has 6 heteroatoms. The minimum atomic E-state index is -0.00473. The number of rotatable bonds is 6. The van der Waals surface area contributed by atoms with Gasteiger partial charge in [-0.25, -0.2) is 4.79 Å². The van der Waals surface area contributed by atoms with E-state index >= 15 is 0 Å². The molecule has 2 aromatic rings. The highest BCUT2D eigenvalue weighted by Crippen LogP contribution is 2.26. The molecule has 1 aliphatic rings. The van der Waals surface area contributed by atoms with Crippen molar-refractivity contribution in [1.29, 1.82) is 0 Å². The monoisotopic (exact) mass is 400 g/mol. The van der Waals surface area contributed by atoms with Gasteiger partial charge in [0.2, 0.25) is 0 Å². The van der Waals surface area contributed by atoms with Crippen LogP contribution in [0.3, 0.4) is 0 Å². The predicted octanol–water partition coefficient (Wildman–Crippen LogP) is 3.82. The molecule has 0 aliphatic carbocycles. The quantitative estimate of drug-likeness (QED) is 0.801. The van der Waals surface area contributed by atoms with E-state index in [1.807, 2.05) is 29.2 Å². The first-order chi connectivity index (χ1) is 13.6. The van der Waals surface area contributed by atoms with Crippen LogP contribution in [0.5, 0.6) is 0 Å². The van der Waals surface area contributed by atoms with E-state index in [2.05, 4.69) is 53.4 Å². The average molecular weight is 401 g/mol. The van der Waals surface area contributed by atoms with Crippen LogP contribution in [0.1, 0.15) is 18.1 Å². The SMILES string of the molecule is CCN(C)Cc1cccc(CNC(=O)N2CCN(c3ccccc3Cl)CC2)c1. The summed E-state index contributed by atoms with van der Waals surface area (Å²) in [7, 11) is 2.11. The molecule has 150 valence electrons. The Hall–Kier alpha value is -2.24. The van der Waals surface area contributed by atoms with Crippen LogP contribution in [0.2, 0.25) is 5.02 Å². The normalized spacial score (nSPS) is 14.4. The van der Waals surface area contributed by atoms with Crippen molar-refractivity contribution in [3.63, 3.8) is 0 Å². The molecule has 1 fully saturated rings. The summed E-state index contributed by atoms with van der Waals surface area (Å²) >= 11 is 6.29. The molecule has 0 saturated carbocycles. The van der Waals surface area contributed by atoms with Gasteiger partial charge in [-0.15, -0.1) is 0 Å². The van der Waals surface area contributed by atoms with Gasteiger partial charge in [-0.1, -0.05) is 54.9 Å². The minimum absolute atomic E-state index is 0.00473. The third-order valence-electron chi connectivity index (χ3n) is 5.19. The van der Waals surface area contributed by atoms with Crippen LogP contribution in [-0.2, 0) is 13.1 Å². The first-order valence-electron chi connectivity index (χ1n) is 9.85. The molecule has 2 aromatic carbocycles. The van der Waals surface area contributed by atoms with Crippen molar-refractivity contribution in [2.24, 2.45) is 0 Å². The van der Waals surface area contributed by atoms with Crippen LogP contribution in [0.25, 0.3) is 0 Å². The van der Waals surface area contributed by atoms with Crippen LogP contribution in [-0.4, -0.2) is 55.6 Å². The zero-order valence-electron chi connectivity index (χ0n) is 16.7. The van der Waals surface area contributed by atoms with Crippen LogP contribution in [0.4, 0.5) is 10.5 Å². The lowest BCUT2D eigenvalue weighted by Gasteiger charge is -2.36. The maximum Gasteiger partial charge on any atom is 0.317 e. The fraction of sp³-hybridized carbons (Fsp3) is 0.409. The number of halogens is 1. The minimum Gasteiger partial charge on any atom is -0.367 e. The van der Waals surface area contributed by atoms with E-state index in [0.717, 1.165) is 42.5 Å². The standard InChI is InChI=1S/C22H29ClN4O/c1-3-25(2)17-19-8-6-7-18(15-19)16-24-22(28)27-13-11-26(12-14-27)21-10-5-4-9-20(21)23/h4-10,15H,3,11-14,16-17H2,1-2H3,(H,24,28). The Morgan fingerprint density at radius 1 is 1.07 bits per heavy atom. The highest BCUT2D eigenvalue weighted by Gasteiger charge is 2.22. The van der Waals surface area contributed by atoms with E-state index in [1.54, 1.807) is 0 Å². The van der Waals surface area contributed by atoms with Gasteiger partial charge in [-0.05, 0) is 36.9 Å². The Morgan fingerprint density at radius 3 is 2.50 bits per heavy atom. The van der Waals surface area contributed by atoms with Gasteiger partial charge in [0.1, 0.15) is 0 Å². The molecule has 3 rings (SSSR count). The van der Waals surface area contributed by atoms with Gasteiger partial charge < -0.3 is 20.0 Å². The van der Waals surface area contributed by atoms with Gasteiger partial charge in [-0.2, -0.15) is 0 Å². The first-order valence-corrected chi connectivity index (χ1v) is 10.2. The number of carbonyl (C=O) groups is 1. The Kier molecular flexibility index (Phi) is 7.18. The van der Waals surface area contributed by atoms with Gasteiger partial charge >= 0.3 is 6.03 Å². The van der Waals surface area contributed by atoms with E-state index in [0.29, 0.717) is 19.6 Å². The molecule has 0 aromatic heterocycles. The van der Waals surface area contributed by atoms with Crippen LogP contribution in [0, 0.1) is 0 Å². The number of nitrogens with zero attached hydrogens (tertiary/aromatic N) is 3. The van der Waals surface area contributed by atoms with Crippen LogP contribution in [0.15, 0.2) is 48.5 Å². The van der Waals surface area contributed by atoms with Crippen molar-refractivity contribution in [3.05, 3.63) is 64.7 Å². The van der Waals surface area contributed by atoms with Gasteiger partial charge in [0, 0.05) is 39.3 Å². The molecule has 0 radical (unpaired) electrons. The second-order valence-electron chi connectivity index (χ2n) is 7.23. The van der Waals surface area contributed by atoms with Crippen molar-refractivity contribution in [1.82, 2.24) is 15.1 Å². The summed E-state index contributed by atoms with van der Waals surface area (Å²) in [5.41, 5.74) is 3.44. The van der Waals surface area contributed by atoms with Crippen molar-refractivity contribution >= 4 is 23.3 Å². The molecular weight excluding hydrogens is 372 g/mol. The fourth-order valence-corrected chi connectivity index (χ4v) is 3.66. The second kappa shape index (κ2) is 9.80. The number of benzene rings is 2. The lowest BCUT2D eigenvalue weighted by Crippen LogP contribution is -2.51. The van der Waals surface area contributed by atoms with E-state index in [4.69, 9.17) is 11.6 Å². The molecule has 0 atom stereocenters. The third kappa shape index (κ3) is 5.40. The molecule has 1 heterocycles. The zero-order valence-corrected chi connectivity index (χ0v) is 17.5. The molecule has 1 N–H and O–H groups in total. The highest BCUT2D eigenvalue weighted by molar-refractivity contribution is 6.33. The van der Waals surface area contributed by atoms with Gasteiger partial charge in [0.15, 0.2) is 0 Å². The topological polar surface area (TPSA) is 38.8 Å². The largest absolute Gasteiger partial charge is 0.367 e. The summed E-state index contributed by atoms with van der Waals surface area (Å²) in [5.74, 6) is 0. The summed E-state index contributed by atoms with van der Waals surface area (Å²) in [5, 5.41) is 3.82. The third-order valence-corrected chi connectivity index (χ3v) is 5.51. The Balaban J connectivity index is 1.49.